The van der Waals surface area contributed by atoms with Crippen molar-refractivity contribution in [2.45, 2.75) is 138 Å². The van der Waals surface area contributed by atoms with Crippen LogP contribution < -0.4 is 21.7 Å². The Morgan fingerprint density at radius 1 is 0.923 bits per heavy atom. The Morgan fingerprint density at radius 3 is 2.17 bits per heavy atom. The Balaban J connectivity index is 0.000000805. The van der Waals surface area contributed by atoms with Gasteiger partial charge in [-0.1, -0.05) is 85.6 Å². The van der Waals surface area contributed by atoms with Crippen LogP contribution in [-0.4, -0.2) is 63.2 Å². The molecule has 0 bridgehead atoms. The third kappa shape index (κ3) is 19.3. The molecule has 0 spiro atoms. The van der Waals surface area contributed by atoms with Crippen LogP contribution in [0.5, 0.6) is 0 Å². The first kappa shape index (κ1) is 47.2. The highest BCUT2D eigenvalue weighted by Crippen LogP contribution is 2.30. The molecule has 1 fully saturated rings. The SMILES string of the molecule is CCC.CCC(NCC(NC(CN(C)C)C(=O)NCCCc1cccc(F)c1CC[C@H](C)CCN)=C1CC1)C(C)C.CCCc1ccc(C)cc1F. The number of hydrogen-bond donors (Lipinski definition) is 4. The minimum atomic E-state index is -0.317. The molecule has 0 radical (unpaired) electrons. The summed E-state index contributed by atoms with van der Waals surface area (Å²) in [6.45, 7) is 19.7. The van der Waals surface area contributed by atoms with Gasteiger partial charge >= 0.3 is 0 Å². The second-order valence-corrected chi connectivity index (χ2v) is 15.2. The minimum absolute atomic E-state index is 0.0171. The lowest BCUT2D eigenvalue weighted by Crippen LogP contribution is -2.51. The lowest BCUT2D eigenvalue weighted by molar-refractivity contribution is -0.123. The minimum Gasteiger partial charge on any atom is -0.375 e. The van der Waals surface area contributed by atoms with Gasteiger partial charge in [0.25, 0.3) is 0 Å². The maximum Gasteiger partial charge on any atom is 0.243 e. The molecule has 2 aromatic carbocycles. The summed E-state index contributed by atoms with van der Waals surface area (Å²) < 4.78 is 27.6. The zero-order valence-electron chi connectivity index (χ0n) is 34.6. The molecular weight excluding hydrogens is 653 g/mol. The van der Waals surface area contributed by atoms with Crippen molar-refractivity contribution in [3.05, 3.63) is 81.6 Å². The molecule has 1 amide bonds. The van der Waals surface area contributed by atoms with Gasteiger partial charge in [-0.15, -0.1) is 0 Å². The molecule has 1 aliphatic rings. The number of allylic oxidation sites excluding steroid dienone is 1. The summed E-state index contributed by atoms with van der Waals surface area (Å²) in [6.07, 6.45) is 10.5. The smallest absolute Gasteiger partial charge is 0.243 e. The number of aryl methyl sites for hydroxylation is 3. The average Bonchev–Trinajstić information content (AvgIpc) is 3.93. The quantitative estimate of drug-likeness (QED) is 0.0967. The summed E-state index contributed by atoms with van der Waals surface area (Å²) in [5.74, 6) is 0.880. The van der Waals surface area contributed by atoms with E-state index in [0.29, 0.717) is 37.5 Å². The molecule has 0 aliphatic heterocycles. The van der Waals surface area contributed by atoms with E-state index in [1.54, 1.807) is 18.2 Å². The first-order valence-corrected chi connectivity index (χ1v) is 20.2. The predicted octanol–water partition coefficient (Wildman–Crippen LogP) is 8.89. The number of nitrogens with one attached hydrogen (secondary N) is 3. The maximum absolute atomic E-state index is 14.6. The van der Waals surface area contributed by atoms with Crippen molar-refractivity contribution in [1.29, 1.82) is 0 Å². The summed E-state index contributed by atoms with van der Waals surface area (Å²) in [4.78, 5) is 15.3. The Labute approximate surface area is 317 Å². The molecule has 0 aromatic heterocycles. The number of nitrogens with zero attached hydrogens (tertiary/aromatic N) is 1. The highest BCUT2D eigenvalue weighted by Gasteiger charge is 2.25. The van der Waals surface area contributed by atoms with Crippen LogP contribution in [0.25, 0.3) is 0 Å². The van der Waals surface area contributed by atoms with E-state index >= 15 is 0 Å². The molecule has 0 heterocycles. The van der Waals surface area contributed by atoms with Crippen LogP contribution in [0.1, 0.15) is 122 Å². The van der Waals surface area contributed by atoms with Gasteiger partial charge in [0.15, 0.2) is 0 Å². The van der Waals surface area contributed by atoms with Crippen molar-refractivity contribution < 1.29 is 13.6 Å². The highest BCUT2D eigenvalue weighted by atomic mass is 19.1. The van der Waals surface area contributed by atoms with E-state index in [0.717, 1.165) is 93.0 Å². The lowest BCUT2D eigenvalue weighted by atomic mass is 9.93. The first-order valence-electron chi connectivity index (χ1n) is 20.2. The van der Waals surface area contributed by atoms with Crippen LogP contribution in [0.2, 0.25) is 0 Å². The van der Waals surface area contributed by atoms with E-state index in [1.165, 1.54) is 17.7 Å². The van der Waals surface area contributed by atoms with Gasteiger partial charge in [0.1, 0.15) is 17.7 Å². The third-order valence-corrected chi connectivity index (χ3v) is 9.34. The van der Waals surface area contributed by atoms with Gasteiger partial charge < -0.3 is 26.6 Å². The lowest BCUT2D eigenvalue weighted by Gasteiger charge is -2.27. The number of amides is 1. The standard InChI is InChI=1S/C31H54FN5O.C10H13F.C3H8/c1-7-28(22(2)3)35-20-29(25-14-15-25)36-30(21-37(5)6)31(38)34-19-9-11-24-10-8-12-27(32)26(24)16-13-23(4)17-18-33;1-3-4-9-6-5-8(2)7-10(9)11;1-3-2/h8,10,12,22-23,28,30,35-36H,7,9,11,13-21,33H2,1-6H3,(H,34,38);5-7H,3-4H2,1-2H3;3H2,1-2H3/t23-,28?,30?;;/m0../s1. The Kier molecular flexibility index (Phi) is 24.4. The van der Waals surface area contributed by atoms with Crippen molar-refractivity contribution in [3.63, 3.8) is 0 Å². The van der Waals surface area contributed by atoms with Gasteiger partial charge in [-0.2, -0.15) is 0 Å². The summed E-state index contributed by atoms with van der Waals surface area (Å²) in [5.41, 5.74) is 12.0. The van der Waals surface area contributed by atoms with Crippen LogP contribution in [0, 0.1) is 30.4 Å². The number of carbonyl (C=O) groups excluding carboxylic acids is 1. The number of likely N-dealkylation sites (N-methyl/N-ethyl adjacent to an activating group) is 1. The van der Waals surface area contributed by atoms with Gasteiger partial charge in [-0.05, 0) is 137 Å². The number of hydrogen-bond acceptors (Lipinski definition) is 5. The van der Waals surface area contributed by atoms with Crippen LogP contribution in [0.3, 0.4) is 0 Å². The maximum atomic E-state index is 14.6. The summed E-state index contributed by atoms with van der Waals surface area (Å²) in [5, 5.41) is 10.4. The van der Waals surface area contributed by atoms with E-state index in [4.69, 9.17) is 5.73 Å². The Hall–Kier alpha value is -2.81. The Bertz CT molecular complexity index is 1310. The van der Waals surface area contributed by atoms with Crippen LogP contribution in [0.15, 0.2) is 47.7 Å². The summed E-state index contributed by atoms with van der Waals surface area (Å²) >= 11 is 0. The second-order valence-electron chi connectivity index (χ2n) is 15.2. The molecule has 1 saturated carbocycles. The molecule has 1 aliphatic carbocycles. The van der Waals surface area contributed by atoms with Crippen molar-refractivity contribution in [3.8, 4) is 0 Å². The molecule has 6 nitrogen and oxygen atoms in total. The van der Waals surface area contributed by atoms with Crippen molar-refractivity contribution >= 4 is 5.91 Å². The van der Waals surface area contributed by atoms with Crippen LogP contribution >= 0.6 is 0 Å². The Morgan fingerprint density at radius 2 is 1.62 bits per heavy atom. The number of rotatable bonds is 21. The normalized spacial score (nSPS) is 13.8. The fourth-order valence-corrected chi connectivity index (χ4v) is 6.17. The average molecular weight is 728 g/mol. The van der Waals surface area contributed by atoms with Crippen molar-refractivity contribution in [1.82, 2.24) is 20.9 Å². The number of nitrogens with two attached hydrogens (primary N) is 1. The highest BCUT2D eigenvalue weighted by molar-refractivity contribution is 5.82. The largest absolute Gasteiger partial charge is 0.375 e. The van der Waals surface area contributed by atoms with E-state index in [2.05, 4.69) is 64.4 Å². The second kappa shape index (κ2) is 26.9. The monoisotopic (exact) mass is 728 g/mol. The van der Waals surface area contributed by atoms with Crippen LogP contribution in [-0.2, 0) is 24.1 Å². The van der Waals surface area contributed by atoms with Gasteiger partial charge in [-0.3, -0.25) is 4.79 Å². The van der Waals surface area contributed by atoms with E-state index in [9.17, 15) is 13.6 Å². The third-order valence-electron chi connectivity index (χ3n) is 9.34. The number of benzene rings is 2. The molecule has 5 N–H and O–H groups in total. The summed E-state index contributed by atoms with van der Waals surface area (Å²) in [7, 11) is 3.99. The molecule has 2 unspecified atom stereocenters. The predicted molar refractivity (Wildman–Crippen MR) is 219 cm³/mol. The van der Waals surface area contributed by atoms with Gasteiger partial charge in [0.2, 0.25) is 5.91 Å². The van der Waals surface area contributed by atoms with Crippen LogP contribution in [0.4, 0.5) is 8.78 Å². The summed E-state index contributed by atoms with van der Waals surface area (Å²) in [6, 6.07) is 10.9. The fourth-order valence-electron chi connectivity index (χ4n) is 6.17. The molecule has 52 heavy (non-hydrogen) atoms. The van der Waals surface area contributed by atoms with Gasteiger partial charge in [-0.25, -0.2) is 8.78 Å². The number of halogens is 2. The topological polar surface area (TPSA) is 82.4 Å². The molecular formula is C44H75F2N5O. The zero-order chi connectivity index (χ0) is 39.1. The molecule has 296 valence electrons. The van der Waals surface area contributed by atoms with E-state index in [1.807, 2.05) is 44.1 Å². The molecule has 3 rings (SSSR count). The van der Waals surface area contributed by atoms with E-state index < -0.39 is 0 Å². The van der Waals surface area contributed by atoms with Crippen molar-refractivity contribution in [2.75, 3.05) is 40.3 Å². The number of carbonyl (C=O) groups is 1. The van der Waals surface area contributed by atoms with E-state index in [-0.39, 0.29) is 23.6 Å². The molecule has 2 aromatic rings. The molecule has 8 heteroatoms. The first-order chi connectivity index (χ1) is 24.8. The molecule has 0 saturated heterocycles. The fraction of sp³-hybridized carbons (Fsp3) is 0.659. The molecule has 3 atom stereocenters. The van der Waals surface area contributed by atoms with Gasteiger partial charge in [0, 0.05) is 31.4 Å². The van der Waals surface area contributed by atoms with Crippen molar-refractivity contribution in [2.24, 2.45) is 17.6 Å². The van der Waals surface area contributed by atoms with Gasteiger partial charge in [0.05, 0.1) is 0 Å². The zero-order valence-corrected chi connectivity index (χ0v) is 34.6.